The van der Waals surface area contributed by atoms with Gasteiger partial charge in [0.05, 0.1) is 0 Å². The molecule has 0 aliphatic carbocycles. The Bertz CT molecular complexity index is 758. The molecule has 1 aliphatic rings. The Morgan fingerprint density at radius 1 is 1.12 bits per heavy atom. The van der Waals surface area contributed by atoms with Crippen molar-refractivity contribution in [3.63, 3.8) is 0 Å². The van der Waals surface area contributed by atoms with Gasteiger partial charge in [-0.3, -0.25) is 4.79 Å². The van der Waals surface area contributed by atoms with Crippen molar-refractivity contribution in [3.8, 4) is 11.5 Å². The van der Waals surface area contributed by atoms with E-state index in [1.165, 1.54) is 23.3 Å². The lowest BCUT2D eigenvalue weighted by molar-refractivity contribution is 0.0712. The van der Waals surface area contributed by atoms with Gasteiger partial charge < -0.3 is 20.3 Å². The lowest BCUT2D eigenvalue weighted by Crippen LogP contribution is -2.37. The van der Waals surface area contributed by atoms with Crippen LogP contribution in [0.4, 0.5) is 0 Å². The number of likely N-dealkylation sites (tertiary alicyclic amines) is 1. The number of benzene rings is 2. The molecule has 2 aromatic rings. The Balaban J connectivity index is 1.64. The summed E-state index contributed by atoms with van der Waals surface area (Å²) >= 11 is 0. The number of nitrogens with zero attached hydrogens (tertiary/aromatic N) is 1. The molecular formula is C19H23BN2O3. The van der Waals surface area contributed by atoms with Crippen molar-refractivity contribution in [2.24, 2.45) is 0 Å². The van der Waals surface area contributed by atoms with Crippen LogP contribution in [-0.4, -0.2) is 42.1 Å². The summed E-state index contributed by atoms with van der Waals surface area (Å²) < 4.78 is 0. The number of phenolic OH excluding ortho intramolecular Hbond substituents is 2. The maximum Gasteiger partial charge on any atom is 0.253 e. The Morgan fingerprint density at radius 2 is 1.88 bits per heavy atom. The standard InChI is InChI=1S/C19H23BN2O3/c20-21-12-13-2-1-3-15(10-13)14-6-8-22(9-7-14)19(25)16-4-5-17(23)18(24)11-16/h1-5,10-11,14,21,23-24H,6-9,12,20H2. The van der Waals surface area contributed by atoms with E-state index in [-0.39, 0.29) is 17.4 Å². The number of nitrogens with one attached hydrogen (secondary N) is 1. The van der Waals surface area contributed by atoms with Gasteiger partial charge in [0.1, 0.15) is 0 Å². The maximum absolute atomic E-state index is 12.6. The fourth-order valence-electron chi connectivity index (χ4n) is 3.42. The van der Waals surface area contributed by atoms with Crippen LogP contribution >= 0.6 is 0 Å². The summed E-state index contributed by atoms with van der Waals surface area (Å²) in [4.78, 5) is 14.4. The van der Waals surface area contributed by atoms with Gasteiger partial charge >= 0.3 is 0 Å². The van der Waals surface area contributed by atoms with Gasteiger partial charge in [-0.25, -0.2) is 0 Å². The molecule has 5 nitrogen and oxygen atoms in total. The molecule has 1 saturated heterocycles. The Kier molecular flexibility index (Phi) is 5.29. The van der Waals surface area contributed by atoms with Crippen molar-refractivity contribution in [2.45, 2.75) is 25.3 Å². The third-order valence-corrected chi connectivity index (χ3v) is 4.81. The van der Waals surface area contributed by atoms with E-state index in [9.17, 15) is 15.0 Å². The number of rotatable bonds is 4. The van der Waals surface area contributed by atoms with Gasteiger partial charge in [-0.1, -0.05) is 24.3 Å². The first-order valence-corrected chi connectivity index (χ1v) is 8.63. The quantitative estimate of drug-likeness (QED) is 0.587. The van der Waals surface area contributed by atoms with Crippen LogP contribution in [0, 0.1) is 0 Å². The van der Waals surface area contributed by atoms with E-state index in [2.05, 4.69) is 29.5 Å². The number of carbonyl (C=O) groups excluding carboxylic acids is 1. The van der Waals surface area contributed by atoms with Crippen molar-refractivity contribution in [1.82, 2.24) is 10.1 Å². The van der Waals surface area contributed by atoms with E-state index >= 15 is 0 Å². The van der Waals surface area contributed by atoms with Crippen LogP contribution in [0.1, 0.15) is 40.2 Å². The minimum absolute atomic E-state index is 0.0994. The summed E-state index contributed by atoms with van der Waals surface area (Å²) in [6, 6.07) is 12.9. The average molecular weight is 338 g/mol. The van der Waals surface area contributed by atoms with E-state index in [4.69, 9.17) is 0 Å². The largest absolute Gasteiger partial charge is 0.504 e. The van der Waals surface area contributed by atoms with Crippen molar-refractivity contribution < 1.29 is 15.0 Å². The van der Waals surface area contributed by atoms with Gasteiger partial charge in [0, 0.05) is 25.2 Å². The highest BCUT2D eigenvalue weighted by Gasteiger charge is 2.25. The van der Waals surface area contributed by atoms with Crippen LogP contribution in [0.5, 0.6) is 11.5 Å². The molecule has 1 aliphatic heterocycles. The fraction of sp³-hybridized carbons (Fsp3) is 0.316. The molecule has 0 atom stereocenters. The highest BCUT2D eigenvalue weighted by Crippen LogP contribution is 2.30. The molecule has 0 radical (unpaired) electrons. The van der Waals surface area contributed by atoms with E-state index < -0.39 is 0 Å². The zero-order valence-electron chi connectivity index (χ0n) is 14.4. The number of carbonyl (C=O) groups is 1. The molecule has 6 heteroatoms. The predicted octanol–water partition coefficient (Wildman–Crippen LogP) is 1.76. The SMILES string of the molecule is BNCc1cccc(C2CCN(C(=O)c3ccc(O)c(O)c3)CC2)c1. The lowest BCUT2D eigenvalue weighted by atomic mass is 9.88. The summed E-state index contributed by atoms with van der Waals surface area (Å²) in [5.41, 5.74) is 3.02. The lowest BCUT2D eigenvalue weighted by Gasteiger charge is -2.32. The molecule has 1 heterocycles. The molecule has 0 unspecified atom stereocenters. The van der Waals surface area contributed by atoms with Crippen LogP contribution in [-0.2, 0) is 6.54 Å². The van der Waals surface area contributed by atoms with E-state index in [0.29, 0.717) is 24.6 Å². The van der Waals surface area contributed by atoms with Crippen molar-refractivity contribution >= 4 is 13.9 Å². The smallest absolute Gasteiger partial charge is 0.253 e. The second-order valence-electron chi connectivity index (χ2n) is 6.55. The van der Waals surface area contributed by atoms with Crippen LogP contribution in [0.25, 0.3) is 0 Å². The van der Waals surface area contributed by atoms with Gasteiger partial charge in [-0.15, -0.1) is 0 Å². The minimum Gasteiger partial charge on any atom is -0.504 e. The van der Waals surface area contributed by atoms with E-state index in [1.54, 1.807) is 6.07 Å². The second-order valence-corrected chi connectivity index (χ2v) is 6.55. The zero-order chi connectivity index (χ0) is 17.8. The van der Waals surface area contributed by atoms with E-state index in [0.717, 1.165) is 19.4 Å². The molecule has 3 rings (SSSR count). The summed E-state index contributed by atoms with van der Waals surface area (Å²) in [7, 11) is 1.94. The van der Waals surface area contributed by atoms with Crippen LogP contribution in [0.2, 0.25) is 0 Å². The molecule has 1 fully saturated rings. The normalized spacial score (nSPS) is 15.3. The molecule has 2 aromatic carbocycles. The second kappa shape index (κ2) is 7.61. The molecule has 0 bridgehead atoms. The molecule has 130 valence electrons. The molecule has 0 saturated carbocycles. The van der Waals surface area contributed by atoms with Crippen LogP contribution in [0.15, 0.2) is 42.5 Å². The van der Waals surface area contributed by atoms with Crippen LogP contribution < -0.4 is 5.23 Å². The number of piperidine rings is 1. The Morgan fingerprint density at radius 3 is 2.56 bits per heavy atom. The van der Waals surface area contributed by atoms with Gasteiger partial charge in [0.15, 0.2) is 19.5 Å². The van der Waals surface area contributed by atoms with Crippen molar-refractivity contribution in [3.05, 3.63) is 59.2 Å². The summed E-state index contributed by atoms with van der Waals surface area (Å²) in [5, 5.41) is 22.1. The first kappa shape index (κ1) is 17.4. The summed E-state index contributed by atoms with van der Waals surface area (Å²) in [5.74, 6) is -0.106. The molecule has 3 N–H and O–H groups in total. The number of hydrogen-bond donors (Lipinski definition) is 3. The number of hydrogen-bond acceptors (Lipinski definition) is 4. The Labute approximate surface area is 148 Å². The number of aromatic hydroxyl groups is 2. The third-order valence-electron chi connectivity index (χ3n) is 4.81. The van der Waals surface area contributed by atoms with Gasteiger partial charge in [-0.2, -0.15) is 0 Å². The topological polar surface area (TPSA) is 72.8 Å². The van der Waals surface area contributed by atoms with Crippen molar-refractivity contribution in [1.29, 1.82) is 0 Å². The molecule has 25 heavy (non-hydrogen) atoms. The van der Waals surface area contributed by atoms with Crippen molar-refractivity contribution in [2.75, 3.05) is 13.1 Å². The minimum atomic E-state index is -0.262. The molecular weight excluding hydrogens is 315 g/mol. The van der Waals surface area contributed by atoms with Gasteiger partial charge in [-0.05, 0) is 48.1 Å². The highest BCUT2D eigenvalue weighted by atomic mass is 16.3. The highest BCUT2D eigenvalue weighted by molar-refractivity contribution is 6.04. The summed E-state index contributed by atoms with van der Waals surface area (Å²) in [6.07, 6.45) is 1.86. The van der Waals surface area contributed by atoms with Gasteiger partial charge in [0.25, 0.3) is 5.91 Å². The molecule has 0 spiro atoms. The number of amides is 1. The number of phenols is 2. The van der Waals surface area contributed by atoms with Gasteiger partial charge in [0.2, 0.25) is 0 Å². The third kappa shape index (κ3) is 3.96. The molecule has 0 aromatic heterocycles. The summed E-state index contributed by atoms with van der Waals surface area (Å²) in [6.45, 7) is 2.25. The molecule has 1 amide bonds. The monoisotopic (exact) mass is 338 g/mol. The van der Waals surface area contributed by atoms with E-state index in [1.807, 2.05) is 12.9 Å². The predicted molar refractivity (Wildman–Crippen MR) is 99.5 cm³/mol. The Hall–Kier alpha value is -2.47. The van der Waals surface area contributed by atoms with Crippen LogP contribution in [0.3, 0.4) is 0 Å². The first-order valence-electron chi connectivity index (χ1n) is 8.63. The fourth-order valence-corrected chi connectivity index (χ4v) is 3.42. The maximum atomic E-state index is 12.6. The average Bonchev–Trinajstić information content (AvgIpc) is 2.64. The zero-order valence-corrected chi connectivity index (χ0v) is 14.4. The first-order chi connectivity index (χ1) is 12.1.